The second-order valence-corrected chi connectivity index (χ2v) is 6.12. The zero-order valence-electron chi connectivity index (χ0n) is 13.0. The van der Waals surface area contributed by atoms with E-state index in [0.29, 0.717) is 12.1 Å². The van der Waals surface area contributed by atoms with Gasteiger partial charge in [0, 0.05) is 36.8 Å². The lowest BCUT2D eigenvalue weighted by atomic mass is 10.1. The predicted molar refractivity (Wildman–Crippen MR) is 88.3 cm³/mol. The number of fused-ring (bicyclic) bond motifs is 1. The number of nitrogens with one attached hydrogen (secondary N) is 1. The van der Waals surface area contributed by atoms with Crippen LogP contribution in [0.4, 0.5) is 0 Å². The highest BCUT2D eigenvalue weighted by atomic mass is 15.2. The molecule has 3 nitrogen and oxygen atoms in total. The summed E-state index contributed by atoms with van der Waals surface area (Å²) in [6.45, 7) is 7.86. The first-order valence-electron chi connectivity index (χ1n) is 8.08. The molecule has 3 rings (SSSR count). The maximum absolute atomic E-state index is 4.59. The van der Waals surface area contributed by atoms with Gasteiger partial charge in [-0.25, -0.2) is 0 Å². The molecule has 1 saturated heterocycles. The van der Waals surface area contributed by atoms with E-state index >= 15 is 0 Å². The summed E-state index contributed by atoms with van der Waals surface area (Å²) in [5.41, 5.74) is 2.49. The van der Waals surface area contributed by atoms with E-state index in [1.54, 1.807) is 0 Å². The van der Waals surface area contributed by atoms with Crippen molar-refractivity contribution in [2.24, 2.45) is 0 Å². The van der Waals surface area contributed by atoms with Gasteiger partial charge in [-0.2, -0.15) is 0 Å². The minimum atomic E-state index is 0.609. The number of pyridine rings is 1. The summed E-state index contributed by atoms with van der Waals surface area (Å²) in [5.74, 6) is 0. The van der Waals surface area contributed by atoms with Crippen LogP contribution in [0.3, 0.4) is 0 Å². The van der Waals surface area contributed by atoms with E-state index in [4.69, 9.17) is 0 Å². The summed E-state index contributed by atoms with van der Waals surface area (Å²) in [6.07, 6.45) is 4.31. The van der Waals surface area contributed by atoms with Crippen molar-refractivity contribution < 1.29 is 0 Å². The van der Waals surface area contributed by atoms with E-state index in [0.717, 1.165) is 25.2 Å². The van der Waals surface area contributed by atoms with Crippen LogP contribution in [-0.4, -0.2) is 35.1 Å². The number of para-hydroxylation sites is 1. The Bertz CT molecular complexity index is 591. The molecule has 0 spiro atoms. The SMILES string of the molecule is CCC1CN(Cc2cccc3cccnc23)C(C)CCN1. The Labute approximate surface area is 127 Å². The summed E-state index contributed by atoms with van der Waals surface area (Å²) in [6, 6.07) is 11.9. The molecule has 3 heteroatoms. The lowest BCUT2D eigenvalue weighted by Gasteiger charge is -2.29. The number of hydrogen-bond acceptors (Lipinski definition) is 3. The van der Waals surface area contributed by atoms with Crippen LogP contribution in [0.25, 0.3) is 10.9 Å². The molecule has 0 aliphatic carbocycles. The molecule has 0 bridgehead atoms. The predicted octanol–water partition coefficient (Wildman–Crippen LogP) is 3.20. The molecule has 21 heavy (non-hydrogen) atoms. The molecule has 2 aromatic rings. The van der Waals surface area contributed by atoms with Gasteiger partial charge in [-0.05, 0) is 37.9 Å². The average molecular weight is 283 g/mol. The molecule has 1 aromatic carbocycles. The van der Waals surface area contributed by atoms with Gasteiger partial charge in [0.25, 0.3) is 0 Å². The molecule has 1 aliphatic heterocycles. The van der Waals surface area contributed by atoms with E-state index in [1.807, 2.05) is 12.3 Å². The average Bonchev–Trinajstić information content (AvgIpc) is 2.70. The second-order valence-electron chi connectivity index (χ2n) is 6.12. The highest BCUT2D eigenvalue weighted by Crippen LogP contribution is 2.20. The Balaban J connectivity index is 1.86. The van der Waals surface area contributed by atoms with Crippen LogP contribution in [0.2, 0.25) is 0 Å². The Morgan fingerprint density at radius 3 is 3.00 bits per heavy atom. The lowest BCUT2D eigenvalue weighted by molar-refractivity contribution is 0.195. The molecule has 2 atom stereocenters. The quantitative estimate of drug-likeness (QED) is 0.937. The number of benzene rings is 1. The van der Waals surface area contributed by atoms with Crippen LogP contribution >= 0.6 is 0 Å². The first-order chi connectivity index (χ1) is 10.3. The van der Waals surface area contributed by atoms with E-state index in [2.05, 4.69) is 53.3 Å². The van der Waals surface area contributed by atoms with Crippen molar-refractivity contribution in [1.29, 1.82) is 0 Å². The molecule has 112 valence electrons. The van der Waals surface area contributed by atoms with Crippen molar-refractivity contribution in [1.82, 2.24) is 15.2 Å². The van der Waals surface area contributed by atoms with E-state index in [9.17, 15) is 0 Å². The Morgan fingerprint density at radius 1 is 1.29 bits per heavy atom. The third-order valence-electron chi connectivity index (χ3n) is 4.66. The Morgan fingerprint density at radius 2 is 2.14 bits per heavy atom. The standard InChI is InChI=1S/C18H25N3/c1-3-17-13-21(14(2)9-11-19-17)12-16-7-4-6-15-8-5-10-20-18(15)16/h4-8,10,14,17,19H,3,9,11-13H2,1-2H3. The molecule has 1 N–H and O–H groups in total. The van der Waals surface area contributed by atoms with Crippen LogP contribution < -0.4 is 5.32 Å². The number of hydrogen-bond donors (Lipinski definition) is 1. The third-order valence-corrected chi connectivity index (χ3v) is 4.66. The molecule has 2 heterocycles. The fourth-order valence-corrected chi connectivity index (χ4v) is 3.21. The topological polar surface area (TPSA) is 28.2 Å². The molecule has 2 unspecified atom stereocenters. The van der Waals surface area contributed by atoms with Gasteiger partial charge in [0.2, 0.25) is 0 Å². The smallest absolute Gasteiger partial charge is 0.0746 e. The minimum Gasteiger partial charge on any atom is -0.313 e. The number of rotatable bonds is 3. The van der Waals surface area contributed by atoms with Crippen molar-refractivity contribution in [2.75, 3.05) is 13.1 Å². The fourth-order valence-electron chi connectivity index (χ4n) is 3.21. The van der Waals surface area contributed by atoms with E-state index < -0.39 is 0 Å². The lowest BCUT2D eigenvalue weighted by Crippen LogP contribution is -2.39. The Hall–Kier alpha value is -1.45. The monoisotopic (exact) mass is 283 g/mol. The number of aromatic nitrogens is 1. The molecule has 1 aliphatic rings. The van der Waals surface area contributed by atoms with Crippen molar-refractivity contribution >= 4 is 10.9 Å². The maximum atomic E-state index is 4.59. The normalized spacial score (nSPS) is 24.1. The van der Waals surface area contributed by atoms with Crippen LogP contribution in [0.1, 0.15) is 32.3 Å². The van der Waals surface area contributed by atoms with Crippen molar-refractivity contribution in [3.63, 3.8) is 0 Å². The minimum absolute atomic E-state index is 0.609. The van der Waals surface area contributed by atoms with Gasteiger partial charge in [0.1, 0.15) is 0 Å². The summed E-state index contributed by atoms with van der Waals surface area (Å²) in [5, 5.41) is 4.90. The van der Waals surface area contributed by atoms with Gasteiger partial charge in [-0.15, -0.1) is 0 Å². The van der Waals surface area contributed by atoms with Gasteiger partial charge < -0.3 is 5.32 Å². The summed E-state index contributed by atoms with van der Waals surface area (Å²) < 4.78 is 0. The molecule has 0 radical (unpaired) electrons. The molecule has 0 amide bonds. The van der Waals surface area contributed by atoms with Gasteiger partial charge in [-0.3, -0.25) is 9.88 Å². The second kappa shape index (κ2) is 6.54. The molecular formula is C18H25N3. The highest BCUT2D eigenvalue weighted by molar-refractivity contribution is 5.81. The third kappa shape index (κ3) is 3.25. The zero-order valence-corrected chi connectivity index (χ0v) is 13.0. The van der Waals surface area contributed by atoms with Gasteiger partial charge in [-0.1, -0.05) is 31.2 Å². The van der Waals surface area contributed by atoms with Crippen molar-refractivity contribution in [2.45, 2.75) is 45.3 Å². The molecular weight excluding hydrogens is 258 g/mol. The van der Waals surface area contributed by atoms with Crippen LogP contribution in [-0.2, 0) is 6.54 Å². The van der Waals surface area contributed by atoms with Crippen LogP contribution in [0.15, 0.2) is 36.5 Å². The molecule has 1 aromatic heterocycles. The molecule has 0 saturated carbocycles. The van der Waals surface area contributed by atoms with Gasteiger partial charge >= 0.3 is 0 Å². The number of nitrogens with zero attached hydrogens (tertiary/aromatic N) is 2. The summed E-state index contributed by atoms with van der Waals surface area (Å²) >= 11 is 0. The van der Waals surface area contributed by atoms with Crippen LogP contribution in [0, 0.1) is 0 Å². The van der Waals surface area contributed by atoms with Gasteiger partial charge in [0.05, 0.1) is 5.52 Å². The van der Waals surface area contributed by atoms with Gasteiger partial charge in [0.15, 0.2) is 0 Å². The van der Waals surface area contributed by atoms with E-state index in [-0.39, 0.29) is 0 Å². The highest BCUT2D eigenvalue weighted by Gasteiger charge is 2.22. The Kier molecular flexibility index (Phi) is 4.51. The first-order valence-corrected chi connectivity index (χ1v) is 8.08. The largest absolute Gasteiger partial charge is 0.313 e. The van der Waals surface area contributed by atoms with E-state index in [1.165, 1.54) is 23.8 Å². The molecule has 1 fully saturated rings. The fraction of sp³-hybridized carbons (Fsp3) is 0.500. The van der Waals surface area contributed by atoms with Crippen LogP contribution in [0.5, 0.6) is 0 Å². The summed E-state index contributed by atoms with van der Waals surface area (Å²) in [7, 11) is 0. The zero-order chi connectivity index (χ0) is 14.7. The first kappa shape index (κ1) is 14.5. The summed E-state index contributed by atoms with van der Waals surface area (Å²) in [4.78, 5) is 7.20. The van der Waals surface area contributed by atoms with Crippen molar-refractivity contribution in [3.05, 3.63) is 42.1 Å². The van der Waals surface area contributed by atoms with Crippen molar-refractivity contribution in [3.8, 4) is 0 Å². The maximum Gasteiger partial charge on any atom is 0.0746 e.